The van der Waals surface area contributed by atoms with Crippen molar-refractivity contribution in [1.82, 2.24) is 0 Å². The Kier molecular flexibility index (Phi) is 16.7. The van der Waals surface area contributed by atoms with E-state index in [9.17, 15) is 39.6 Å². The number of carbonyl (C=O) groups is 4. The SMILES string of the molecule is C=C1C[C@H]2CC3(O)O[C@H](C[C@@H](O)CC(=O)O[C@@H]([C@@H](C)O)C[C@@H]4C/C(=C\C(=O)OC)[C@H](OC(=O)/C=C/C=C/CCC)[C@@](O)(O4)C(C)(C)/C=C/[C@@H](C1)O2)C[C@H](OC(C)=O)C3(C)C. The smallest absolute Gasteiger partial charge is 0.331 e. The topological polar surface area (TPSA) is 214 Å². The summed E-state index contributed by atoms with van der Waals surface area (Å²) in [5.41, 5.74) is -1.62. The first kappa shape index (κ1) is 49.0. The fourth-order valence-electron chi connectivity index (χ4n) is 8.28. The van der Waals surface area contributed by atoms with E-state index in [2.05, 4.69) is 6.58 Å². The van der Waals surface area contributed by atoms with Gasteiger partial charge in [0.15, 0.2) is 11.9 Å². The molecule has 4 aliphatic rings. The van der Waals surface area contributed by atoms with Gasteiger partial charge >= 0.3 is 23.9 Å². The fraction of sp³-hybridized carbons (Fsp3) is 0.689. The number of aliphatic hydroxyl groups excluding tert-OH is 2. The van der Waals surface area contributed by atoms with Crippen molar-refractivity contribution in [2.24, 2.45) is 10.8 Å². The van der Waals surface area contributed by atoms with Gasteiger partial charge in [-0.2, -0.15) is 0 Å². The van der Waals surface area contributed by atoms with Crippen molar-refractivity contribution in [2.75, 3.05) is 7.11 Å². The molecule has 336 valence electrons. The molecule has 3 fully saturated rings. The Morgan fingerprint density at radius 2 is 1.68 bits per heavy atom. The standard InChI is InChI=1S/C45H66O15/c1-10-11-12-13-14-15-38(49)58-41-30(21-39(50)54-9)20-33-24-36(28(3)46)57-40(51)23-31(48)22-34-25-37(55-29(4)47)43(7,8)44(52,59-34)26-35-19-27(2)18-32(56-35)16-17-42(5,6)45(41,53)60-33/h12-17,21,28,31-37,41,46,48,52-53H,2,10-11,18-20,22-26H2,1,3-9H3/b13-12+,15-14+,17-16+,30-21+/t28-,31-,32+,33+,34-,35+,36-,37+,41+,44?,45-/m1/s1. The average molecular weight is 847 g/mol. The van der Waals surface area contributed by atoms with Crippen LogP contribution in [-0.4, -0.2) is 118 Å². The first-order valence-electron chi connectivity index (χ1n) is 20.9. The number of aliphatic hydroxyl groups is 4. The van der Waals surface area contributed by atoms with E-state index in [-0.39, 0.29) is 37.7 Å². The Bertz CT molecular complexity index is 1680. The van der Waals surface area contributed by atoms with E-state index >= 15 is 0 Å². The Morgan fingerprint density at radius 3 is 2.33 bits per heavy atom. The number of ether oxygens (including phenoxy) is 7. The summed E-state index contributed by atoms with van der Waals surface area (Å²) in [4.78, 5) is 51.8. The third kappa shape index (κ3) is 12.2. The summed E-state index contributed by atoms with van der Waals surface area (Å²) in [5, 5.41) is 47.2. The number of hydrogen-bond acceptors (Lipinski definition) is 15. The van der Waals surface area contributed by atoms with Crippen LogP contribution in [0.15, 0.2) is 60.3 Å². The first-order chi connectivity index (χ1) is 28.0. The van der Waals surface area contributed by atoms with Gasteiger partial charge in [0.2, 0.25) is 5.79 Å². The molecule has 15 nitrogen and oxygen atoms in total. The zero-order valence-electron chi connectivity index (χ0n) is 36.3. The number of hydrogen-bond donors (Lipinski definition) is 4. The summed E-state index contributed by atoms with van der Waals surface area (Å²) in [6.07, 6.45) is 3.04. The number of esters is 4. The highest BCUT2D eigenvalue weighted by Crippen LogP contribution is 2.50. The number of fused-ring (bicyclic) bond motifs is 6. The van der Waals surface area contributed by atoms with Gasteiger partial charge in [0.05, 0.1) is 55.6 Å². The molecule has 0 aromatic rings. The second-order valence-corrected chi connectivity index (χ2v) is 17.7. The van der Waals surface area contributed by atoms with Gasteiger partial charge in [-0.25, -0.2) is 9.59 Å². The highest BCUT2D eigenvalue weighted by atomic mass is 16.7. The lowest BCUT2D eigenvalue weighted by Gasteiger charge is -2.53. The molecule has 0 aromatic heterocycles. The molecular formula is C45H66O15. The molecular weight excluding hydrogens is 780 g/mol. The van der Waals surface area contributed by atoms with Crippen molar-refractivity contribution in [1.29, 1.82) is 0 Å². The molecule has 4 N–H and O–H groups in total. The van der Waals surface area contributed by atoms with Crippen molar-refractivity contribution in [3.8, 4) is 0 Å². The van der Waals surface area contributed by atoms with Gasteiger partial charge in [0.1, 0.15) is 12.2 Å². The van der Waals surface area contributed by atoms with Crippen molar-refractivity contribution >= 4 is 23.9 Å². The largest absolute Gasteiger partial charge is 0.466 e. The van der Waals surface area contributed by atoms with Gasteiger partial charge in [-0.1, -0.05) is 83.6 Å². The molecule has 1 unspecified atom stereocenters. The van der Waals surface area contributed by atoms with Gasteiger partial charge in [-0.3, -0.25) is 9.59 Å². The molecule has 0 saturated carbocycles. The summed E-state index contributed by atoms with van der Waals surface area (Å²) < 4.78 is 41.6. The molecule has 4 rings (SSSR count). The van der Waals surface area contributed by atoms with E-state index in [1.54, 1.807) is 45.9 Å². The second kappa shape index (κ2) is 20.4. The van der Waals surface area contributed by atoms with Crippen molar-refractivity contribution < 1.29 is 72.8 Å². The Morgan fingerprint density at radius 1 is 0.967 bits per heavy atom. The maximum Gasteiger partial charge on any atom is 0.331 e. The number of cyclic esters (lactones) is 1. The Balaban J connectivity index is 1.82. The monoisotopic (exact) mass is 846 g/mol. The van der Waals surface area contributed by atoms with Crippen LogP contribution in [0.25, 0.3) is 0 Å². The molecule has 0 aromatic carbocycles. The van der Waals surface area contributed by atoms with Crippen LogP contribution in [0, 0.1) is 10.8 Å². The molecule has 0 radical (unpaired) electrons. The quantitative estimate of drug-likeness (QED) is 0.0854. The van der Waals surface area contributed by atoms with Gasteiger partial charge in [-0.15, -0.1) is 0 Å². The van der Waals surface area contributed by atoms with Crippen LogP contribution in [0.2, 0.25) is 0 Å². The summed E-state index contributed by atoms with van der Waals surface area (Å²) in [5.74, 6) is -7.36. The number of unbranched alkanes of at least 4 members (excludes halogenated alkanes) is 1. The molecule has 4 heterocycles. The highest BCUT2D eigenvalue weighted by molar-refractivity contribution is 5.84. The molecule has 15 heteroatoms. The van der Waals surface area contributed by atoms with Crippen LogP contribution in [0.5, 0.6) is 0 Å². The zero-order valence-corrected chi connectivity index (χ0v) is 36.3. The van der Waals surface area contributed by atoms with E-state index in [1.165, 1.54) is 33.1 Å². The van der Waals surface area contributed by atoms with Crippen LogP contribution in [0.4, 0.5) is 0 Å². The predicted octanol–water partition coefficient (Wildman–Crippen LogP) is 4.74. The van der Waals surface area contributed by atoms with Gasteiger partial charge in [0.25, 0.3) is 0 Å². The van der Waals surface area contributed by atoms with Crippen LogP contribution in [-0.2, 0) is 52.3 Å². The summed E-state index contributed by atoms with van der Waals surface area (Å²) in [6.45, 7) is 15.7. The molecule has 4 aliphatic heterocycles. The molecule has 0 aliphatic carbocycles. The van der Waals surface area contributed by atoms with E-state index in [0.717, 1.165) is 24.5 Å². The van der Waals surface area contributed by atoms with E-state index < -0.39 is 108 Å². The van der Waals surface area contributed by atoms with E-state index in [4.69, 9.17) is 33.2 Å². The van der Waals surface area contributed by atoms with E-state index in [0.29, 0.717) is 12.8 Å². The number of allylic oxidation sites excluding steroid dienone is 3. The molecule has 11 atom stereocenters. The summed E-state index contributed by atoms with van der Waals surface area (Å²) in [6, 6.07) is 0. The normalized spacial score (nSPS) is 36.8. The van der Waals surface area contributed by atoms with Crippen LogP contribution >= 0.6 is 0 Å². The van der Waals surface area contributed by atoms with Gasteiger partial charge < -0.3 is 53.6 Å². The molecule has 3 saturated heterocycles. The maximum atomic E-state index is 13.4. The lowest BCUT2D eigenvalue weighted by atomic mass is 9.70. The van der Waals surface area contributed by atoms with Crippen LogP contribution in [0.3, 0.4) is 0 Å². The Labute approximate surface area is 353 Å². The van der Waals surface area contributed by atoms with Crippen LogP contribution in [0.1, 0.15) is 113 Å². The lowest BCUT2D eigenvalue weighted by molar-refractivity contribution is -0.348. The van der Waals surface area contributed by atoms with Crippen molar-refractivity contribution in [3.05, 3.63) is 60.3 Å². The maximum absolute atomic E-state index is 13.4. The van der Waals surface area contributed by atoms with E-state index in [1.807, 2.05) is 13.0 Å². The number of carbonyl (C=O) groups excluding carboxylic acids is 4. The summed E-state index contributed by atoms with van der Waals surface area (Å²) >= 11 is 0. The summed E-state index contributed by atoms with van der Waals surface area (Å²) in [7, 11) is 1.18. The Hall–Kier alpha value is -3.70. The van der Waals surface area contributed by atoms with Gasteiger partial charge in [-0.05, 0) is 38.2 Å². The van der Waals surface area contributed by atoms with Crippen molar-refractivity contribution in [2.45, 2.75) is 179 Å². The third-order valence-corrected chi connectivity index (χ3v) is 11.9. The second-order valence-electron chi connectivity index (χ2n) is 17.7. The minimum Gasteiger partial charge on any atom is -0.466 e. The minimum absolute atomic E-state index is 0.0786. The zero-order chi connectivity index (χ0) is 44.6. The minimum atomic E-state index is -2.39. The first-order valence-corrected chi connectivity index (χ1v) is 20.9. The molecule has 0 amide bonds. The fourth-order valence-corrected chi connectivity index (χ4v) is 8.28. The number of rotatable bonds is 8. The molecule has 60 heavy (non-hydrogen) atoms. The highest BCUT2D eigenvalue weighted by Gasteiger charge is 2.59. The molecule has 0 spiro atoms. The predicted molar refractivity (Wildman–Crippen MR) is 217 cm³/mol. The van der Waals surface area contributed by atoms with Gasteiger partial charge in [0, 0.05) is 50.2 Å². The molecule has 6 bridgehead atoms. The third-order valence-electron chi connectivity index (χ3n) is 11.9. The van der Waals surface area contributed by atoms with Crippen LogP contribution < -0.4 is 0 Å². The number of methoxy groups -OCH3 is 1. The van der Waals surface area contributed by atoms with Crippen molar-refractivity contribution in [3.63, 3.8) is 0 Å². The average Bonchev–Trinajstić information content (AvgIpc) is 3.13. The lowest BCUT2D eigenvalue weighted by Crippen LogP contribution is -2.62.